The van der Waals surface area contributed by atoms with Crippen LogP contribution in [0.4, 0.5) is 11.4 Å². The van der Waals surface area contributed by atoms with E-state index in [-0.39, 0.29) is 11.8 Å². The van der Waals surface area contributed by atoms with Gasteiger partial charge in [-0.1, -0.05) is 11.6 Å². The SMILES string of the molecule is O=C(CCc1ccsc1)Nc1ccc(N2CCCC2=O)c(Cl)c1. The third-order valence-electron chi connectivity index (χ3n) is 3.82. The molecule has 2 heterocycles. The highest BCUT2D eigenvalue weighted by molar-refractivity contribution is 7.07. The fourth-order valence-electron chi connectivity index (χ4n) is 2.62. The highest BCUT2D eigenvalue weighted by Crippen LogP contribution is 2.31. The molecule has 2 aromatic rings. The summed E-state index contributed by atoms with van der Waals surface area (Å²) in [6.45, 7) is 0.699. The van der Waals surface area contributed by atoms with Gasteiger partial charge >= 0.3 is 0 Å². The van der Waals surface area contributed by atoms with Gasteiger partial charge in [0.15, 0.2) is 0 Å². The van der Waals surface area contributed by atoms with Gasteiger partial charge in [0.1, 0.15) is 0 Å². The number of carbonyl (C=O) groups is 2. The Balaban J connectivity index is 1.61. The monoisotopic (exact) mass is 348 g/mol. The van der Waals surface area contributed by atoms with Crippen LogP contribution in [0.3, 0.4) is 0 Å². The van der Waals surface area contributed by atoms with E-state index < -0.39 is 0 Å². The smallest absolute Gasteiger partial charge is 0.227 e. The predicted molar refractivity (Wildman–Crippen MR) is 94.3 cm³/mol. The van der Waals surface area contributed by atoms with Crippen molar-refractivity contribution in [3.05, 3.63) is 45.6 Å². The molecule has 1 saturated heterocycles. The number of thiophene rings is 1. The standard InChI is InChI=1S/C17H17ClN2O2S/c18-14-10-13(4-5-15(14)20-8-1-2-17(20)22)19-16(21)6-3-12-7-9-23-11-12/h4-5,7,9-11H,1-3,6,8H2,(H,19,21). The van der Waals surface area contributed by atoms with Gasteiger partial charge < -0.3 is 10.2 Å². The van der Waals surface area contributed by atoms with Crippen LogP contribution in [-0.4, -0.2) is 18.4 Å². The molecular formula is C17H17ClN2O2S. The molecule has 23 heavy (non-hydrogen) atoms. The van der Waals surface area contributed by atoms with Crippen molar-refractivity contribution in [3.8, 4) is 0 Å². The molecule has 120 valence electrons. The van der Waals surface area contributed by atoms with Gasteiger partial charge in [-0.05, 0) is 53.4 Å². The predicted octanol–water partition coefficient (Wildman–Crippen LogP) is 4.10. The van der Waals surface area contributed by atoms with Crippen LogP contribution in [0, 0.1) is 0 Å². The number of hydrogen-bond acceptors (Lipinski definition) is 3. The molecule has 0 saturated carbocycles. The number of aryl methyl sites for hydroxylation is 1. The second-order valence-electron chi connectivity index (χ2n) is 5.49. The van der Waals surface area contributed by atoms with Crippen molar-refractivity contribution in [2.45, 2.75) is 25.7 Å². The van der Waals surface area contributed by atoms with Gasteiger partial charge in [0.25, 0.3) is 0 Å². The summed E-state index contributed by atoms with van der Waals surface area (Å²) in [7, 11) is 0. The summed E-state index contributed by atoms with van der Waals surface area (Å²) in [5.41, 5.74) is 2.54. The molecule has 0 bridgehead atoms. The van der Waals surface area contributed by atoms with Crippen LogP contribution in [0.2, 0.25) is 5.02 Å². The Labute approximate surface area is 144 Å². The molecule has 0 radical (unpaired) electrons. The number of benzene rings is 1. The van der Waals surface area contributed by atoms with Crippen molar-refractivity contribution < 1.29 is 9.59 Å². The molecule has 1 aromatic carbocycles. The first-order valence-corrected chi connectivity index (χ1v) is 8.86. The minimum Gasteiger partial charge on any atom is -0.326 e. The van der Waals surface area contributed by atoms with Crippen molar-refractivity contribution in [1.29, 1.82) is 0 Å². The van der Waals surface area contributed by atoms with Gasteiger partial charge in [0, 0.05) is 25.1 Å². The molecular weight excluding hydrogens is 332 g/mol. The summed E-state index contributed by atoms with van der Waals surface area (Å²) in [4.78, 5) is 25.5. The molecule has 4 nitrogen and oxygen atoms in total. The van der Waals surface area contributed by atoms with E-state index in [1.807, 2.05) is 16.8 Å². The second-order valence-corrected chi connectivity index (χ2v) is 6.68. The van der Waals surface area contributed by atoms with Gasteiger partial charge in [0.05, 0.1) is 10.7 Å². The van der Waals surface area contributed by atoms with E-state index in [4.69, 9.17) is 11.6 Å². The summed E-state index contributed by atoms with van der Waals surface area (Å²) >= 11 is 7.90. The number of carbonyl (C=O) groups excluding carboxylic acids is 2. The van der Waals surface area contributed by atoms with Crippen molar-refractivity contribution in [2.24, 2.45) is 0 Å². The molecule has 1 aliphatic rings. The van der Waals surface area contributed by atoms with E-state index >= 15 is 0 Å². The third-order valence-corrected chi connectivity index (χ3v) is 4.85. The van der Waals surface area contributed by atoms with Gasteiger partial charge in [0.2, 0.25) is 11.8 Å². The zero-order chi connectivity index (χ0) is 16.2. The van der Waals surface area contributed by atoms with Gasteiger partial charge in [-0.3, -0.25) is 9.59 Å². The van der Waals surface area contributed by atoms with Gasteiger partial charge in [-0.15, -0.1) is 0 Å². The lowest BCUT2D eigenvalue weighted by Gasteiger charge is -2.18. The van der Waals surface area contributed by atoms with Crippen LogP contribution >= 0.6 is 22.9 Å². The average Bonchev–Trinajstić information content (AvgIpc) is 3.17. The lowest BCUT2D eigenvalue weighted by Crippen LogP contribution is -2.24. The maximum absolute atomic E-state index is 12.0. The van der Waals surface area contributed by atoms with E-state index in [0.717, 1.165) is 12.8 Å². The fraction of sp³-hybridized carbons (Fsp3) is 0.294. The average molecular weight is 349 g/mol. The molecule has 0 unspecified atom stereocenters. The molecule has 6 heteroatoms. The first kappa shape index (κ1) is 16.0. The first-order chi connectivity index (χ1) is 11.1. The summed E-state index contributed by atoms with van der Waals surface area (Å²) < 4.78 is 0. The Bertz CT molecular complexity index is 715. The molecule has 3 rings (SSSR count). The number of nitrogens with one attached hydrogen (secondary N) is 1. The maximum atomic E-state index is 12.0. The molecule has 1 fully saturated rings. The minimum atomic E-state index is -0.0442. The summed E-state index contributed by atoms with van der Waals surface area (Å²) in [5.74, 6) is 0.0525. The largest absolute Gasteiger partial charge is 0.326 e. The normalized spacial score (nSPS) is 14.3. The number of hydrogen-bond donors (Lipinski definition) is 1. The topological polar surface area (TPSA) is 49.4 Å². The lowest BCUT2D eigenvalue weighted by atomic mass is 10.2. The maximum Gasteiger partial charge on any atom is 0.227 e. The van der Waals surface area contributed by atoms with Crippen molar-refractivity contribution in [1.82, 2.24) is 0 Å². The quantitative estimate of drug-likeness (QED) is 0.884. The Hall–Kier alpha value is -1.85. The molecule has 0 atom stereocenters. The highest BCUT2D eigenvalue weighted by Gasteiger charge is 2.23. The highest BCUT2D eigenvalue weighted by atomic mass is 35.5. The van der Waals surface area contributed by atoms with E-state index in [1.54, 1.807) is 34.4 Å². The molecule has 1 aliphatic heterocycles. The number of amides is 2. The zero-order valence-electron chi connectivity index (χ0n) is 12.5. The van der Waals surface area contributed by atoms with Crippen molar-refractivity contribution in [2.75, 3.05) is 16.8 Å². The van der Waals surface area contributed by atoms with Crippen LogP contribution in [0.25, 0.3) is 0 Å². The molecule has 2 amide bonds. The Morgan fingerprint density at radius 3 is 2.87 bits per heavy atom. The Morgan fingerprint density at radius 2 is 2.22 bits per heavy atom. The summed E-state index contributed by atoms with van der Waals surface area (Å²) in [5, 5.41) is 7.39. The van der Waals surface area contributed by atoms with Crippen LogP contribution in [0.1, 0.15) is 24.8 Å². The summed E-state index contributed by atoms with van der Waals surface area (Å²) in [6.07, 6.45) is 2.58. The number of nitrogens with zero attached hydrogens (tertiary/aromatic N) is 1. The van der Waals surface area contributed by atoms with E-state index in [9.17, 15) is 9.59 Å². The van der Waals surface area contributed by atoms with Crippen LogP contribution in [-0.2, 0) is 16.0 Å². The Morgan fingerprint density at radius 1 is 1.35 bits per heavy atom. The number of halogens is 1. The van der Waals surface area contributed by atoms with E-state index in [0.29, 0.717) is 35.8 Å². The fourth-order valence-corrected chi connectivity index (χ4v) is 3.61. The molecule has 0 aliphatic carbocycles. The third kappa shape index (κ3) is 3.92. The van der Waals surface area contributed by atoms with Crippen molar-refractivity contribution in [3.63, 3.8) is 0 Å². The van der Waals surface area contributed by atoms with Gasteiger partial charge in [-0.2, -0.15) is 11.3 Å². The summed E-state index contributed by atoms with van der Waals surface area (Å²) in [6, 6.07) is 7.30. The Kier molecular flexibility index (Phi) is 4.98. The molecule has 1 aromatic heterocycles. The van der Waals surface area contributed by atoms with Crippen LogP contribution in [0.15, 0.2) is 35.0 Å². The van der Waals surface area contributed by atoms with E-state index in [1.165, 1.54) is 5.56 Å². The van der Waals surface area contributed by atoms with Crippen LogP contribution in [0.5, 0.6) is 0 Å². The van der Waals surface area contributed by atoms with Crippen LogP contribution < -0.4 is 10.2 Å². The zero-order valence-corrected chi connectivity index (χ0v) is 14.1. The van der Waals surface area contributed by atoms with E-state index in [2.05, 4.69) is 5.32 Å². The first-order valence-electron chi connectivity index (χ1n) is 7.54. The molecule has 1 N–H and O–H groups in total. The minimum absolute atomic E-state index is 0.0442. The van der Waals surface area contributed by atoms with Crippen molar-refractivity contribution >= 4 is 46.1 Å². The lowest BCUT2D eigenvalue weighted by molar-refractivity contribution is -0.117. The van der Waals surface area contributed by atoms with Gasteiger partial charge in [-0.25, -0.2) is 0 Å². The number of anilines is 2. The second kappa shape index (κ2) is 7.15. The molecule has 0 spiro atoms. The number of rotatable bonds is 5.